The van der Waals surface area contributed by atoms with Crippen molar-refractivity contribution in [2.75, 3.05) is 5.32 Å². The molecule has 0 aliphatic heterocycles. The van der Waals surface area contributed by atoms with Gasteiger partial charge in [0.1, 0.15) is 0 Å². The van der Waals surface area contributed by atoms with Crippen LogP contribution in [0.5, 0.6) is 0 Å². The number of aromatic carboxylic acids is 1. The van der Waals surface area contributed by atoms with Crippen LogP contribution in [0.1, 0.15) is 30.1 Å². The number of hydrogen-bond donors (Lipinski definition) is 2. The van der Waals surface area contributed by atoms with Gasteiger partial charge in [0, 0.05) is 11.1 Å². The fraction of sp³-hybridized carbons (Fsp3) is 0.333. The van der Waals surface area contributed by atoms with Gasteiger partial charge in [0.25, 0.3) is 0 Å². The summed E-state index contributed by atoms with van der Waals surface area (Å²) in [7, 11) is 0. The van der Waals surface area contributed by atoms with Crippen LogP contribution >= 0.6 is 0 Å². The van der Waals surface area contributed by atoms with E-state index in [0.717, 1.165) is 12.8 Å². The molecule has 0 atom stereocenters. The molecule has 0 spiro atoms. The molecule has 0 saturated heterocycles. The number of amides is 1. The highest BCUT2D eigenvalue weighted by Gasteiger charge is 2.44. The predicted molar refractivity (Wildman–Crippen MR) is 59.4 cm³/mol. The number of benzene rings is 1. The zero-order chi connectivity index (χ0) is 11.8. The van der Waals surface area contributed by atoms with E-state index in [1.54, 1.807) is 12.1 Å². The van der Waals surface area contributed by atoms with Crippen LogP contribution in [0.25, 0.3) is 0 Å². The summed E-state index contributed by atoms with van der Waals surface area (Å²) in [5.74, 6) is -0.956. The van der Waals surface area contributed by atoms with Crippen molar-refractivity contribution < 1.29 is 14.7 Å². The third kappa shape index (κ3) is 2.05. The Kier molecular flexibility index (Phi) is 2.42. The molecule has 1 aliphatic rings. The second-order valence-electron chi connectivity index (χ2n) is 4.40. The molecule has 1 fully saturated rings. The summed E-state index contributed by atoms with van der Waals surface area (Å²) in [5.41, 5.74) is 0.643. The monoisotopic (exact) mass is 219 g/mol. The fourth-order valence-corrected chi connectivity index (χ4v) is 1.39. The molecule has 4 nitrogen and oxygen atoms in total. The Hall–Kier alpha value is -1.84. The zero-order valence-electron chi connectivity index (χ0n) is 8.99. The molecule has 0 radical (unpaired) electrons. The Balaban J connectivity index is 2.05. The maximum absolute atomic E-state index is 11.7. The second-order valence-corrected chi connectivity index (χ2v) is 4.40. The fourth-order valence-electron chi connectivity index (χ4n) is 1.39. The summed E-state index contributed by atoms with van der Waals surface area (Å²) < 4.78 is 0. The van der Waals surface area contributed by atoms with Crippen molar-refractivity contribution in [1.29, 1.82) is 0 Å². The van der Waals surface area contributed by atoms with E-state index in [1.165, 1.54) is 12.1 Å². The molecule has 0 heterocycles. The molecule has 1 aromatic carbocycles. The van der Waals surface area contributed by atoms with Crippen LogP contribution in [0.3, 0.4) is 0 Å². The first kappa shape index (κ1) is 10.7. The van der Waals surface area contributed by atoms with E-state index in [9.17, 15) is 9.59 Å². The Morgan fingerprint density at radius 2 is 1.81 bits per heavy atom. The summed E-state index contributed by atoms with van der Waals surface area (Å²) in [4.78, 5) is 22.3. The molecule has 1 aromatic rings. The summed E-state index contributed by atoms with van der Waals surface area (Å²) in [6.07, 6.45) is 1.85. The normalized spacial score (nSPS) is 16.6. The van der Waals surface area contributed by atoms with Crippen LogP contribution in [-0.4, -0.2) is 17.0 Å². The van der Waals surface area contributed by atoms with Crippen LogP contribution in [0.4, 0.5) is 5.69 Å². The van der Waals surface area contributed by atoms with Gasteiger partial charge in [-0.1, -0.05) is 6.92 Å². The van der Waals surface area contributed by atoms with Crippen LogP contribution in [0, 0.1) is 5.41 Å². The highest BCUT2D eigenvalue weighted by Crippen LogP contribution is 2.45. The average molecular weight is 219 g/mol. The molecule has 0 aromatic heterocycles. The SMILES string of the molecule is CC1(C(=O)Nc2ccc(C(=O)O)cc2)CC1. The number of carboxylic acids is 1. The van der Waals surface area contributed by atoms with Gasteiger partial charge >= 0.3 is 5.97 Å². The van der Waals surface area contributed by atoms with Crippen LogP contribution in [-0.2, 0) is 4.79 Å². The summed E-state index contributed by atoms with van der Waals surface area (Å²) in [6, 6.07) is 6.17. The summed E-state index contributed by atoms with van der Waals surface area (Å²) in [5, 5.41) is 11.5. The molecule has 1 aliphatic carbocycles. The molecular formula is C12H13NO3. The zero-order valence-corrected chi connectivity index (χ0v) is 8.99. The van der Waals surface area contributed by atoms with E-state index in [1.807, 2.05) is 6.92 Å². The van der Waals surface area contributed by atoms with E-state index in [4.69, 9.17) is 5.11 Å². The van der Waals surface area contributed by atoms with Crippen molar-refractivity contribution in [1.82, 2.24) is 0 Å². The molecule has 84 valence electrons. The average Bonchev–Trinajstić information content (AvgIpc) is 2.99. The van der Waals surface area contributed by atoms with Gasteiger partial charge in [-0.15, -0.1) is 0 Å². The van der Waals surface area contributed by atoms with Gasteiger partial charge in [0.05, 0.1) is 5.56 Å². The lowest BCUT2D eigenvalue weighted by molar-refractivity contribution is -0.120. The minimum atomic E-state index is -0.966. The van der Waals surface area contributed by atoms with Crippen molar-refractivity contribution in [3.8, 4) is 0 Å². The molecular weight excluding hydrogens is 206 g/mol. The molecule has 0 unspecified atom stereocenters. The summed E-state index contributed by atoms with van der Waals surface area (Å²) >= 11 is 0. The van der Waals surface area contributed by atoms with Crippen molar-refractivity contribution in [3.63, 3.8) is 0 Å². The van der Waals surface area contributed by atoms with Gasteiger partial charge in [0.15, 0.2) is 0 Å². The van der Waals surface area contributed by atoms with Gasteiger partial charge in [-0.3, -0.25) is 4.79 Å². The quantitative estimate of drug-likeness (QED) is 0.818. The number of hydrogen-bond acceptors (Lipinski definition) is 2. The van der Waals surface area contributed by atoms with Crippen LogP contribution in [0.2, 0.25) is 0 Å². The third-order valence-corrected chi connectivity index (χ3v) is 2.94. The smallest absolute Gasteiger partial charge is 0.335 e. The molecule has 2 rings (SSSR count). The van der Waals surface area contributed by atoms with E-state index < -0.39 is 5.97 Å². The molecule has 4 heteroatoms. The lowest BCUT2D eigenvalue weighted by Gasteiger charge is -2.09. The number of anilines is 1. The van der Waals surface area contributed by atoms with E-state index in [-0.39, 0.29) is 16.9 Å². The topological polar surface area (TPSA) is 66.4 Å². The van der Waals surface area contributed by atoms with E-state index >= 15 is 0 Å². The minimum absolute atomic E-state index is 0.00979. The van der Waals surface area contributed by atoms with Crippen LogP contribution in [0.15, 0.2) is 24.3 Å². The highest BCUT2D eigenvalue weighted by molar-refractivity contribution is 5.97. The maximum Gasteiger partial charge on any atom is 0.335 e. The maximum atomic E-state index is 11.7. The van der Waals surface area contributed by atoms with Gasteiger partial charge in [-0.25, -0.2) is 4.79 Å². The Labute approximate surface area is 93.3 Å². The highest BCUT2D eigenvalue weighted by atomic mass is 16.4. The first-order valence-corrected chi connectivity index (χ1v) is 5.16. The lowest BCUT2D eigenvalue weighted by Crippen LogP contribution is -2.21. The number of carbonyl (C=O) groups excluding carboxylic acids is 1. The first-order chi connectivity index (χ1) is 7.51. The standard InChI is InChI=1S/C12H13NO3/c1-12(6-7-12)11(16)13-9-4-2-8(3-5-9)10(14)15/h2-5H,6-7H2,1H3,(H,13,16)(H,14,15). The molecule has 2 N–H and O–H groups in total. The number of carboxylic acid groups (broad SMARTS) is 1. The number of nitrogens with one attached hydrogen (secondary N) is 1. The summed E-state index contributed by atoms with van der Waals surface area (Å²) in [6.45, 7) is 1.92. The minimum Gasteiger partial charge on any atom is -0.478 e. The largest absolute Gasteiger partial charge is 0.478 e. The molecule has 1 amide bonds. The Bertz CT molecular complexity index is 432. The molecule has 1 saturated carbocycles. The van der Waals surface area contributed by atoms with E-state index in [0.29, 0.717) is 5.69 Å². The van der Waals surface area contributed by atoms with Crippen LogP contribution < -0.4 is 5.32 Å². The molecule has 0 bridgehead atoms. The second kappa shape index (κ2) is 3.63. The molecule has 16 heavy (non-hydrogen) atoms. The van der Waals surface area contributed by atoms with Crippen molar-refractivity contribution in [2.45, 2.75) is 19.8 Å². The van der Waals surface area contributed by atoms with Crippen molar-refractivity contribution in [3.05, 3.63) is 29.8 Å². The van der Waals surface area contributed by atoms with Gasteiger partial charge in [-0.2, -0.15) is 0 Å². The first-order valence-electron chi connectivity index (χ1n) is 5.16. The Morgan fingerprint density at radius 3 is 2.25 bits per heavy atom. The predicted octanol–water partition coefficient (Wildman–Crippen LogP) is 2.12. The lowest BCUT2D eigenvalue weighted by atomic mass is 10.1. The van der Waals surface area contributed by atoms with E-state index in [2.05, 4.69) is 5.32 Å². The van der Waals surface area contributed by atoms with Crippen molar-refractivity contribution in [2.24, 2.45) is 5.41 Å². The number of carbonyl (C=O) groups is 2. The Morgan fingerprint density at radius 1 is 1.25 bits per heavy atom. The van der Waals surface area contributed by atoms with Crippen molar-refractivity contribution >= 4 is 17.6 Å². The van der Waals surface area contributed by atoms with Gasteiger partial charge in [0.2, 0.25) is 5.91 Å². The van der Waals surface area contributed by atoms with Gasteiger partial charge < -0.3 is 10.4 Å². The van der Waals surface area contributed by atoms with Gasteiger partial charge in [-0.05, 0) is 37.1 Å². The third-order valence-electron chi connectivity index (χ3n) is 2.94. The number of rotatable bonds is 3.